The number of rotatable bonds is 8. The standard InChI is InChI=1S/C23H27N3O4/c1-25(18-7-8-21-22(13-18)30-12-11-29-21)14-17-15-26(16-23(27)24-9-10-28-2)20-6-4-3-5-19(17)20/h3-8,13,15H,9-12,14,16H2,1-2H3,(H,24,27). The van der Waals surface area contributed by atoms with Crippen LogP contribution in [0.3, 0.4) is 0 Å². The quantitative estimate of drug-likeness (QED) is 0.580. The van der Waals surface area contributed by atoms with Crippen LogP contribution in [0.2, 0.25) is 0 Å². The predicted molar refractivity (Wildman–Crippen MR) is 116 cm³/mol. The van der Waals surface area contributed by atoms with Crippen LogP contribution in [0.25, 0.3) is 10.9 Å². The molecule has 1 aliphatic heterocycles. The van der Waals surface area contributed by atoms with Crippen molar-refractivity contribution in [1.82, 2.24) is 9.88 Å². The lowest BCUT2D eigenvalue weighted by atomic mass is 10.1. The Hall–Kier alpha value is -3.19. The van der Waals surface area contributed by atoms with E-state index in [1.165, 1.54) is 0 Å². The van der Waals surface area contributed by atoms with Gasteiger partial charge in [-0.05, 0) is 23.8 Å². The van der Waals surface area contributed by atoms with Crippen LogP contribution in [0.1, 0.15) is 5.56 Å². The monoisotopic (exact) mass is 409 g/mol. The molecule has 1 amide bonds. The van der Waals surface area contributed by atoms with Crippen molar-refractivity contribution in [3.63, 3.8) is 0 Å². The summed E-state index contributed by atoms with van der Waals surface area (Å²) in [4.78, 5) is 14.5. The van der Waals surface area contributed by atoms with Crippen LogP contribution in [0, 0.1) is 0 Å². The molecule has 158 valence electrons. The Morgan fingerprint density at radius 2 is 1.97 bits per heavy atom. The molecule has 0 spiro atoms. The topological polar surface area (TPSA) is 65.0 Å². The van der Waals surface area contributed by atoms with Crippen LogP contribution in [0.5, 0.6) is 11.5 Å². The molecule has 0 atom stereocenters. The summed E-state index contributed by atoms with van der Waals surface area (Å²) in [5.41, 5.74) is 3.26. The number of methoxy groups -OCH3 is 1. The molecule has 0 fully saturated rings. The van der Waals surface area contributed by atoms with E-state index in [-0.39, 0.29) is 12.5 Å². The Morgan fingerprint density at radius 1 is 1.17 bits per heavy atom. The zero-order chi connectivity index (χ0) is 20.9. The molecule has 0 unspecified atom stereocenters. The second-order valence-corrected chi connectivity index (χ2v) is 7.33. The third-order valence-corrected chi connectivity index (χ3v) is 5.19. The number of fused-ring (bicyclic) bond motifs is 2. The van der Waals surface area contributed by atoms with Crippen molar-refractivity contribution in [2.75, 3.05) is 45.4 Å². The lowest BCUT2D eigenvalue weighted by Crippen LogP contribution is -2.30. The maximum Gasteiger partial charge on any atom is 0.240 e. The number of hydrogen-bond acceptors (Lipinski definition) is 5. The molecule has 0 bridgehead atoms. The molecular formula is C23H27N3O4. The summed E-state index contributed by atoms with van der Waals surface area (Å²) in [6.07, 6.45) is 2.06. The van der Waals surface area contributed by atoms with Crippen molar-refractivity contribution < 1.29 is 19.0 Å². The summed E-state index contributed by atoms with van der Waals surface area (Å²) in [6, 6.07) is 14.2. The van der Waals surface area contributed by atoms with Gasteiger partial charge in [0.15, 0.2) is 11.5 Å². The molecule has 1 N–H and O–H groups in total. The fourth-order valence-electron chi connectivity index (χ4n) is 3.70. The third-order valence-electron chi connectivity index (χ3n) is 5.19. The van der Waals surface area contributed by atoms with Crippen LogP contribution >= 0.6 is 0 Å². The number of para-hydroxylation sites is 1. The van der Waals surface area contributed by atoms with Crippen LogP contribution in [-0.2, 0) is 22.6 Å². The highest BCUT2D eigenvalue weighted by atomic mass is 16.6. The van der Waals surface area contributed by atoms with Crippen molar-refractivity contribution in [1.29, 1.82) is 0 Å². The van der Waals surface area contributed by atoms with Crippen molar-refractivity contribution in [3.8, 4) is 11.5 Å². The Kier molecular flexibility index (Phi) is 6.09. The van der Waals surface area contributed by atoms with Crippen molar-refractivity contribution in [2.45, 2.75) is 13.1 Å². The zero-order valence-corrected chi connectivity index (χ0v) is 17.4. The molecule has 1 aromatic heterocycles. The van der Waals surface area contributed by atoms with Crippen molar-refractivity contribution in [2.24, 2.45) is 0 Å². The summed E-state index contributed by atoms with van der Waals surface area (Å²) in [5, 5.41) is 4.03. The summed E-state index contributed by atoms with van der Waals surface area (Å²) in [6.45, 7) is 3.15. The van der Waals surface area contributed by atoms with Gasteiger partial charge in [-0.3, -0.25) is 4.79 Å². The molecule has 0 radical (unpaired) electrons. The fraction of sp³-hybridized carbons (Fsp3) is 0.348. The first kappa shape index (κ1) is 20.1. The highest BCUT2D eigenvalue weighted by molar-refractivity contribution is 5.86. The molecule has 7 nitrogen and oxygen atoms in total. The van der Waals surface area contributed by atoms with Crippen LogP contribution < -0.4 is 19.7 Å². The first-order valence-corrected chi connectivity index (χ1v) is 10.1. The first-order valence-electron chi connectivity index (χ1n) is 10.1. The largest absolute Gasteiger partial charge is 0.486 e. The molecule has 30 heavy (non-hydrogen) atoms. The number of anilines is 1. The van der Waals surface area contributed by atoms with Gasteiger partial charge in [-0.1, -0.05) is 18.2 Å². The lowest BCUT2D eigenvalue weighted by molar-refractivity contribution is -0.121. The predicted octanol–water partition coefficient (Wildman–Crippen LogP) is 2.81. The lowest BCUT2D eigenvalue weighted by Gasteiger charge is -2.23. The number of carbonyl (C=O) groups excluding carboxylic acids is 1. The van der Waals surface area contributed by atoms with E-state index < -0.39 is 0 Å². The molecule has 2 aromatic carbocycles. The Morgan fingerprint density at radius 3 is 2.80 bits per heavy atom. The molecule has 2 heterocycles. The molecule has 0 saturated carbocycles. The van der Waals surface area contributed by atoms with E-state index in [1.54, 1.807) is 7.11 Å². The number of benzene rings is 2. The maximum absolute atomic E-state index is 12.3. The molecule has 4 rings (SSSR count). The molecule has 7 heteroatoms. The second-order valence-electron chi connectivity index (χ2n) is 7.33. The van der Waals surface area contributed by atoms with Gasteiger partial charge < -0.3 is 29.0 Å². The number of hydrogen-bond donors (Lipinski definition) is 1. The van der Waals surface area contributed by atoms with Gasteiger partial charge in [0, 0.05) is 56.1 Å². The van der Waals surface area contributed by atoms with E-state index in [9.17, 15) is 4.79 Å². The number of amides is 1. The summed E-state index contributed by atoms with van der Waals surface area (Å²) in [7, 11) is 3.67. The van der Waals surface area contributed by atoms with E-state index >= 15 is 0 Å². The van der Waals surface area contributed by atoms with Gasteiger partial charge in [-0.2, -0.15) is 0 Å². The van der Waals surface area contributed by atoms with Gasteiger partial charge in [-0.15, -0.1) is 0 Å². The maximum atomic E-state index is 12.3. The summed E-state index contributed by atoms with van der Waals surface area (Å²) >= 11 is 0. The number of nitrogens with one attached hydrogen (secondary N) is 1. The highest BCUT2D eigenvalue weighted by Crippen LogP contribution is 2.34. The zero-order valence-electron chi connectivity index (χ0n) is 17.4. The molecule has 0 aliphatic carbocycles. The third kappa shape index (κ3) is 4.36. The van der Waals surface area contributed by atoms with Crippen LogP contribution in [-0.4, -0.2) is 51.0 Å². The van der Waals surface area contributed by atoms with Gasteiger partial charge in [0.05, 0.1) is 6.61 Å². The van der Waals surface area contributed by atoms with Crippen LogP contribution in [0.4, 0.5) is 5.69 Å². The van der Waals surface area contributed by atoms with E-state index in [1.807, 2.05) is 41.0 Å². The minimum Gasteiger partial charge on any atom is -0.486 e. The molecule has 0 saturated heterocycles. The molecule has 3 aromatic rings. The van der Waals surface area contributed by atoms with E-state index in [0.717, 1.165) is 33.7 Å². The second kappa shape index (κ2) is 9.09. The average Bonchev–Trinajstić information content (AvgIpc) is 3.10. The Balaban J connectivity index is 1.53. The van der Waals surface area contributed by atoms with Gasteiger partial charge in [0.1, 0.15) is 19.8 Å². The fourth-order valence-corrected chi connectivity index (χ4v) is 3.70. The van der Waals surface area contributed by atoms with Crippen LogP contribution in [0.15, 0.2) is 48.7 Å². The smallest absolute Gasteiger partial charge is 0.240 e. The normalized spacial score (nSPS) is 12.7. The Bertz CT molecular complexity index is 1030. The van der Waals surface area contributed by atoms with Gasteiger partial charge in [0.25, 0.3) is 0 Å². The number of ether oxygens (including phenoxy) is 3. The van der Waals surface area contributed by atoms with E-state index in [0.29, 0.717) is 32.9 Å². The Labute approximate surface area is 176 Å². The summed E-state index contributed by atoms with van der Waals surface area (Å²) in [5.74, 6) is 1.54. The number of aromatic nitrogens is 1. The minimum atomic E-state index is -0.0282. The van der Waals surface area contributed by atoms with E-state index in [2.05, 4.69) is 29.5 Å². The summed E-state index contributed by atoms with van der Waals surface area (Å²) < 4.78 is 18.3. The molecular weight excluding hydrogens is 382 g/mol. The van der Waals surface area contributed by atoms with Crippen molar-refractivity contribution >= 4 is 22.5 Å². The minimum absolute atomic E-state index is 0.0282. The highest BCUT2D eigenvalue weighted by Gasteiger charge is 2.16. The molecule has 1 aliphatic rings. The van der Waals surface area contributed by atoms with Crippen molar-refractivity contribution in [3.05, 3.63) is 54.2 Å². The van der Waals surface area contributed by atoms with Gasteiger partial charge >= 0.3 is 0 Å². The number of carbonyl (C=O) groups is 1. The SMILES string of the molecule is COCCNC(=O)Cn1cc(CN(C)c2ccc3c(c2)OCCO3)c2ccccc21. The first-order chi connectivity index (χ1) is 14.7. The van der Waals surface area contributed by atoms with E-state index in [4.69, 9.17) is 14.2 Å². The van der Waals surface area contributed by atoms with Gasteiger partial charge in [-0.25, -0.2) is 0 Å². The average molecular weight is 409 g/mol. The van der Waals surface area contributed by atoms with Gasteiger partial charge in [0.2, 0.25) is 5.91 Å². The number of nitrogens with zero attached hydrogens (tertiary/aromatic N) is 2.